The summed E-state index contributed by atoms with van der Waals surface area (Å²) in [5, 5.41) is 12.3. The first kappa shape index (κ1) is 20.6. The molecule has 1 aromatic carbocycles. The summed E-state index contributed by atoms with van der Waals surface area (Å²) >= 11 is 0. The fraction of sp³-hybridized carbons (Fsp3) is 0.600. The molecule has 1 amide bonds. The molecule has 2 aliphatic rings. The van der Waals surface area contributed by atoms with Gasteiger partial charge in [0.15, 0.2) is 5.54 Å². The van der Waals surface area contributed by atoms with E-state index in [0.29, 0.717) is 5.56 Å². The SMILES string of the molecule is CC[N+]1(C2(C(=O)Nc3c(C)cc(C#N)cc3C)CC2)CCCCC1.[Y]. The Kier molecular flexibility index (Phi) is 6.47. The molecule has 0 atom stereocenters. The van der Waals surface area contributed by atoms with Gasteiger partial charge in [-0.25, -0.2) is 0 Å². The van der Waals surface area contributed by atoms with Gasteiger partial charge in [0.2, 0.25) is 0 Å². The standard InChI is InChI=1S/C20H27N3O.Y/c1-4-23(10-6-5-7-11-23)20(8-9-20)19(24)22-18-15(2)12-17(14-21)13-16(18)3;/h12-13H,4-11H2,1-3H3;/p+1. The third-order valence-corrected chi connectivity index (χ3v) is 6.23. The van der Waals surface area contributed by atoms with Crippen LogP contribution < -0.4 is 5.32 Å². The monoisotopic (exact) mass is 415 g/mol. The number of nitriles is 1. The van der Waals surface area contributed by atoms with E-state index in [9.17, 15) is 4.79 Å². The summed E-state index contributed by atoms with van der Waals surface area (Å²) in [5.41, 5.74) is 3.26. The van der Waals surface area contributed by atoms with Crippen LogP contribution in [0.25, 0.3) is 0 Å². The first-order valence-electron chi connectivity index (χ1n) is 9.17. The fourth-order valence-electron chi connectivity index (χ4n) is 4.65. The number of hydrogen-bond donors (Lipinski definition) is 1. The van der Waals surface area contributed by atoms with E-state index in [1.165, 1.54) is 19.3 Å². The first-order valence-corrected chi connectivity index (χ1v) is 9.17. The Morgan fingerprint density at radius 3 is 2.20 bits per heavy atom. The molecule has 1 aliphatic heterocycles. The summed E-state index contributed by atoms with van der Waals surface area (Å²) in [6.07, 6.45) is 5.77. The van der Waals surface area contributed by atoms with Crippen molar-refractivity contribution in [2.75, 3.05) is 25.0 Å². The van der Waals surface area contributed by atoms with E-state index in [1.807, 2.05) is 26.0 Å². The second-order valence-corrected chi connectivity index (χ2v) is 7.55. The number of amides is 1. The van der Waals surface area contributed by atoms with Gasteiger partial charge in [0.25, 0.3) is 5.91 Å². The summed E-state index contributed by atoms with van der Waals surface area (Å²) in [5.74, 6) is 0.183. The van der Waals surface area contributed by atoms with Gasteiger partial charge in [-0.1, -0.05) is 0 Å². The molecule has 5 heteroatoms. The molecule has 2 fully saturated rings. The van der Waals surface area contributed by atoms with E-state index in [2.05, 4.69) is 18.3 Å². The molecular formula is C20H28N3OY+. The maximum absolute atomic E-state index is 13.2. The van der Waals surface area contributed by atoms with Crippen molar-refractivity contribution in [2.45, 2.75) is 58.4 Å². The zero-order valence-corrected chi connectivity index (χ0v) is 18.5. The minimum atomic E-state index is -0.220. The molecule has 1 saturated heterocycles. The third kappa shape index (κ3) is 3.57. The fourth-order valence-corrected chi connectivity index (χ4v) is 4.65. The summed E-state index contributed by atoms with van der Waals surface area (Å²) in [7, 11) is 0. The van der Waals surface area contributed by atoms with Crippen molar-refractivity contribution >= 4 is 11.6 Å². The number of anilines is 1. The molecule has 0 bridgehead atoms. The Balaban J connectivity index is 0.00000225. The first-order chi connectivity index (χ1) is 11.5. The number of nitrogens with zero attached hydrogens (tertiary/aromatic N) is 2. The van der Waals surface area contributed by atoms with Crippen LogP contribution in [0, 0.1) is 25.2 Å². The number of likely N-dealkylation sites (tertiary alicyclic amines) is 1. The normalized spacial score (nSPS) is 20.1. The summed E-state index contributed by atoms with van der Waals surface area (Å²) in [4.78, 5) is 13.2. The number of rotatable bonds is 4. The molecule has 3 rings (SSSR count). The molecule has 131 valence electrons. The topological polar surface area (TPSA) is 52.9 Å². The van der Waals surface area contributed by atoms with E-state index < -0.39 is 0 Å². The maximum Gasteiger partial charge on any atom is 0.285 e. The number of likely N-dealkylation sites (N-methyl/N-ethyl adjacent to an activating group) is 1. The van der Waals surface area contributed by atoms with Crippen LogP contribution in [-0.4, -0.2) is 35.6 Å². The van der Waals surface area contributed by atoms with Crippen molar-refractivity contribution in [3.63, 3.8) is 0 Å². The molecule has 0 unspecified atom stereocenters. The molecule has 4 nitrogen and oxygen atoms in total. The largest absolute Gasteiger partial charge is 0.320 e. The quantitative estimate of drug-likeness (QED) is 0.764. The average Bonchev–Trinajstić information content (AvgIpc) is 3.40. The number of aryl methyl sites for hydroxylation is 2. The van der Waals surface area contributed by atoms with Crippen LogP contribution in [0.15, 0.2) is 12.1 Å². The Hall–Kier alpha value is -0.756. The predicted molar refractivity (Wildman–Crippen MR) is 95.6 cm³/mol. The molecule has 1 aliphatic carbocycles. The van der Waals surface area contributed by atoms with Gasteiger partial charge in [0, 0.05) is 51.2 Å². The maximum atomic E-state index is 13.2. The molecular weight excluding hydrogens is 387 g/mol. The van der Waals surface area contributed by atoms with Crippen LogP contribution in [-0.2, 0) is 37.5 Å². The molecule has 1 aromatic rings. The van der Waals surface area contributed by atoms with E-state index in [4.69, 9.17) is 5.26 Å². The van der Waals surface area contributed by atoms with Crippen molar-refractivity contribution in [3.8, 4) is 6.07 Å². The molecule has 0 aromatic heterocycles. The molecule has 1 saturated carbocycles. The molecule has 1 N–H and O–H groups in total. The van der Waals surface area contributed by atoms with Crippen LogP contribution in [0.4, 0.5) is 5.69 Å². The van der Waals surface area contributed by atoms with Gasteiger partial charge < -0.3 is 9.80 Å². The van der Waals surface area contributed by atoms with Gasteiger partial charge in [-0.15, -0.1) is 0 Å². The molecule has 0 spiro atoms. The second kappa shape index (κ2) is 7.86. The number of hydrogen-bond acceptors (Lipinski definition) is 2. The van der Waals surface area contributed by atoms with Crippen LogP contribution in [0.1, 0.15) is 55.7 Å². The second-order valence-electron chi connectivity index (χ2n) is 7.55. The Morgan fingerprint density at radius 2 is 1.76 bits per heavy atom. The van der Waals surface area contributed by atoms with E-state index in [0.717, 1.165) is 53.8 Å². The van der Waals surface area contributed by atoms with E-state index in [1.54, 1.807) is 0 Å². The summed E-state index contributed by atoms with van der Waals surface area (Å²) in [6, 6.07) is 5.89. The van der Waals surface area contributed by atoms with Crippen molar-refractivity contribution in [2.24, 2.45) is 0 Å². The number of quaternary nitrogens is 1. The van der Waals surface area contributed by atoms with Gasteiger partial charge in [0.1, 0.15) is 0 Å². The minimum Gasteiger partial charge on any atom is -0.320 e. The van der Waals surface area contributed by atoms with Gasteiger partial charge in [-0.3, -0.25) is 4.79 Å². The van der Waals surface area contributed by atoms with Crippen LogP contribution in [0.3, 0.4) is 0 Å². The smallest absolute Gasteiger partial charge is 0.285 e. The van der Waals surface area contributed by atoms with Gasteiger partial charge in [-0.05, 0) is 63.3 Å². The van der Waals surface area contributed by atoms with Crippen LogP contribution >= 0.6 is 0 Å². The zero-order valence-electron chi connectivity index (χ0n) is 15.7. The molecule has 1 heterocycles. The van der Waals surface area contributed by atoms with Crippen molar-refractivity contribution in [1.29, 1.82) is 5.26 Å². The number of carbonyl (C=O) groups is 1. The van der Waals surface area contributed by atoms with Gasteiger partial charge in [0.05, 0.1) is 31.3 Å². The Bertz CT molecular complexity index is 674. The van der Waals surface area contributed by atoms with Crippen molar-refractivity contribution < 1.29 is 42.0 Å². The zero-order chi connectivity index (χ0) is 17.4. The predicted octanol–water partition coefficient (Wildman–Crippen LogP) is 3.66. The Morgan fingerprint density at radius 1 is 1.20 bits per heavy atom. The molecule has 25 heavy (non-hydrogen) atoms. The van der Waals surface area contributed by atoms with E-state index >= 15 is 0 Å². The third-order valence-electron chi connectivity index (χ3n) is 6.23. The number of piperidine rings is 1. The van der Waals surface area contributed by atoms with Crippen LogP contribution in [0.2, 0.25) is 0 Å². The summed E-state index contributed by atoms with van der Waals surface area (Å²) in [6.45, 7) is 9.47. The summed E-state index contributed by atoms with van der Waals surface area (Å²) < 4.78 is 0.965. The number of carbonyl (C=O) groups excluding carboxylic acids is 1. The number of benzene rings is 1. The Labute approximate surface area is 176 Å². The number of nitrogens with one attached hydrogen (secondary N) is 1. The van der Waals surface area contributed by atoms with E-state index in [-0.39, 0.29) is 44.2 Å². The van der Waals surface area contributed by atoms with Gasteiger partial charge in [-0.2, -0.15) is 5.26 Å². The van der Waals surface area contributed by atoms with Crippen molar-refractivity contribution in [1.82, 2.24) is 0 Å². The van der Waals surface area contributed by atoms with Crippen LogP contribution in [0.5, 0.6) is 0 Å². The average molecular weight is 415 g/mol. The minimum absolute atomic E-state index is 0. The molecule has 1 radical (unpaired) electrons. The van der Waals surface area contributed by atoms with Gasteiger partial charge >= 0.3 is 0 Å². The van der Waals surface area contributed by atoms with Crippen molar-refractivity contribution in [3.05, 3.63) is 28.8 Å².